The van der Waals surface area contributed by atoms with Crippen molar-refractivity contribution < 1.29 is 23.6 Å². The van der Waals surface area contributed by atoms with Crippen molar-refractivity contribution in [3.8, 4) is 0 Å². The number of carbonyl (C=O) groups is 3. The summed E-state index contributed by atoms with van der Waals surface area (Å²) in [4.78, 5) is 36.3. The lowest BCUT2D eigenvalue weighted by atomic mass is 10.1. The van der Waals surface area contributed by atoms with E-state index in [9.17, 15) is 14.4 Å². The number of nitrogens with one attached hydrogen (secondary N) is 1. The highest BCUT2D eigenvalue weighted by molar-refractivity contribution is 5.77. The molecule has 1 aliphatic rings. The summed E-state index contributed by atoms with van der Waals surface area (Å²) >= 11 is 0. The average molecular weight is 361 g/mol. The summed E-state index contributed by atoms with van der Waals surface area (Å²) < 4.78 is 5.83. The maximum atomic E-state index is 12.9. The fraction of sp³-hybridized carbons (Fsp3) is 0.550. The molecule has 1 saturated heterocycles. The Labute approximate surface area is 155 Å². The molecule has 1 heterocycles. The van der Waals surface area contributed by atoms with Gasteiger partial charge in [-0.2, -0.15) is 0 Å². The summed E-state index contributed by atoms with van der Waals surface area (Å²) in [6, 6.07) is 9.23. The molecule has 1 fully saturated rings. The number of benzene rings is 1. The maximum absolute atomic E-state index is 12.9. The zero-order chi connectivity index (χ0) is 19.5. The summed E-state index contributed by atoms with van der Waals surface area (Å²) in [6.07, 6.45) is 0.724. The number of quaternary nitrogens is 1. The lowest BCUT2D eigenvalue weighted by molar-refractivity contribution is -0.951. The maximum Gasteiger partial charge on any atom is 0.365 e. The highest BCUT2D eigenvalue weighted by Crippen LogP contribution is 2.37. The van der Waals surface area contributed by atoms with Gasteiger partial charge in [0.1, 0.15) is 18.4 Å². The standard InChI is InChI=1S/C20H28N2O4/c1-14(24)21-18-16(13-23)11-17(19(25)26-20(2,3)4)22(18,5)12-15-9-7-6-8-10-15/h6-10,13,16-18H,11-12H2,1-5H3/p+1/t16-,17+,18+,22?/m0/s1. The minimum Gasteiger partial charge on any atom is -0.456 e. The van der Waals surface area contributed by atoms with E-state index in [0.29, 0.717) is 13.0 Å². The van der Waals surface area contributed by atoms with Crippen LogP contribution in [0.1, 0.15) is 39.7 Å². The van der Waals surface area contributed by atoms with Gasteiger partial charge in [0, 0.05) is 18.9 Å². The summed E-state index contributed by atoms with van der Waals surface area (Å²) in [5.74, 6) is -0.995. The third kappa shape index (κ3) is 4.49. The average Bonchev–Trinajstić information content (AvgIpc) is 2.79. The van der Waals surface area contributed by atoms with Crippen molar-refractivity contribution in [2.24, 2.45) is 5.92 Å². The molecule has 1 unspecified atom stereocenters. The Morgan fingerprint density at radius 2 is 1.88 bits per heavy atom. The molecular weight excluding hydrogens is 332 g/mol. The second-order valence-electron chi connectivity index (χ2n) is 8.22. The molecule has 0 saturated carbocycles. The second-order valence-corrected chi connectivity index (χ2v) is 8.22. The zero-order valence-corrected chi connectivity index (χ0v) is 16.2. The van der Waals surface area contributed by atoms with E-state index < -0.39 is 23.7 Å². The lowest BCUT2D eigenvalue weighted by Crippen LogP contribution is -2.62. The number of hydrogen-bond donors (Lipinski definition) is 1. The molecule has 6 nitrogen and oxygen atoms in total. The number of likely N-dealkylation sites (N-methyl/N-ethyl adjacent to an activating group) is 1. The molecule has 0 radical (unpaired) electrons. The van der Waals surface area contributed by atoms with Crippen LogP contribution in [0.3, 0.4) is 0 Å². The van der Waals surface area contributed by atoms with Crippen LogP contribution in [0.4, 0.5) is 0 Å². The minimum absolute atomic E-state index is 0.210. The number of esters is 1. The molecule has 2 rings (SSSR count). The van der Waals surface area contributed by atoms with Gasteiger partial charge in [-0.25, -0.2) is 4.79 Å². The number of likely N-dealkylation sites (tertiary alicyclic amines) is 1. The first kappa shape index (κ1) is 20.1. The molecular formula is C20H29N2O4+. The molecule has 26 heavy (non-hydrogen) atoms. The third-order valence-corrected chi connectivity index (χ3v) is 4.82. The van der Waals surface area contributed by atoms with Crippen LogP contribution in [0.15, 0.2) is 30.3 Å². The van der Waals surface area contributed by atoms with Crippen LogP contribution in [0, 0.1) is 5.92 Å². The van der Waals surface area contributed by atoms with Gasteiger partial charge in [0.25, 0.3) is 0 Å². The summed E-state index contributed by atoms with van der Waals surface area (Å²) in [6.45, 7) is 7.41. The molecule has 1 aromatic carbocycles. The number of hydrogen-bond acceptors (Lipinski definition) is 4. The largest absolute Gasteiger partial charge is 0.456 e. The number of aldehydes is 1. The van der Waals surface area contributed by atoms with Crippen LogP contribution in [-0.2, 0) is 25.7 Å². The van der Waals surface area contributed by atoms with Crippen LogP contribution in [0.2, 0.25) is 0 Å². The first-order valence-electron chi connectivity index (χ1n) is 8.91. The Morgan fingerprint density at radius 3 is 2.38 bits per heavy atom. The van der Waals surface area contributed by atoms with Crippen LogP contribution >= 0.6 is 0 Å². The van der Waals surface area contributed by atoms with Crippen molar-refractivity contribution in [3.05, 3.63) is 35.9 Å². The van der Waals surface area contributed by atoms with Gasteiger partial charge in [0.2, 0.25) is 5.91 Å². The van der Waals surface area contributed by atoms with E-state index in [0.717, 1.165) is 11.8 Å². The quantitative estimate of drug-likeness (QED) is 0.495. The van der Waals surface area contributed by atoms with Crippen molar-refractivity contribution in [2.45, 2.75) is 58.5 Å². The highest BCUT2D eigenvalue weighted by atomic mass is 16.6. The van der Waals surface area contributed by atoms with E-state index in [1.54, 1.807) is 0 Å². The van der Waals surface area contributed by atoms with Crippen molar-refractivity contribution in [1.29, 1.82) is 0 Å². The number of carbonyl (C=O) groups excluding carboxylic acids is 3. The molecule has 1 aliphatic heterocycles. The molecule has 0 aromatic heterocycles. The third-order valence-electron chi connectivity index (χ3n) is 4.82. The Balaban J connectivity index is 2.41. The highest BCUT2D eigenvalue weighted by Gasteiger charge is 2.57. The van der Waals surface area contributed by atoms with Crippen LogP contribution < -0.4 is 5.32 Å². The van der Waals surface area contributed by atoms with Crippen LogP contribution in [-0.4, -0.2) is 47.5 Å². The van der Waals surface area contributed by atoms with E-state index in [1.165, 1.54) is 6.92 Å². The topological polar surface area (TPSA) is 72.5 Å². The lowest BCUT2D eigenvalue weighted by Gasteiger charge is -2.41. The van der Waals surface area contributed by atoms with Gasteiger partial charge in [0.05, 0.1) is 13.0 Å². The first-order chi connectivity index (χ1) is 12.1. The van der Waals surface area contributed by atoms with Gasteiger partial charge in [-0.05, 0) is 20.8 Å². The number of ether oxygens (including phenoxy) is 1. The SMILES string of the molecule is CC(=O)N[C@H]1[C@H](C=O)C[C@H](C(=O)OC(C)(C)C)[N+]1(C)Cc1ccccc1. The van der Waals surface area contributed by atoms with Crippen molar-refractivity contribution >= 4 is 18.2 Å². The monoisotopic (exact) mass is 361 g/mol. The zero-order valence-electron chi connectivity index (χ0n) is 16.2. The van der Waals surface area contributed by atoms with Gasteiger partial charge < -0.3 is 14.8 Å². The number of amides is 1. The Bertz CT molecular complexity index is 668. The molecule has 142 valence electrons. The predicted molar refractivity (Wildman–Crippen MR) is 97.7 cm³/mol. The van der Waals surface area contributed by atoms with Crippen LogP contribution in [0.5, 0.6) is 0 Å². The second kappa shape index (κ2) is 7.58. The molecule has 1 aromatic rings. The van der Waals surface area contributed by atoms with Gasteiger partial charge in [-0.15, -0.1) is 0 Å². The molecule has 1 N–H and O–H groups in total. The van der Waals surface area contributed by atoms with Crippen molar-refractivity contribution in [1.82, 2.24) is 5.32 Å². The van der Waals surface area contributed by atoms with E-state index in [-0.39, 0.29) is 16.4 Å². The summed E-state index contributed by atoms with van der Waals surface area (Å²) in [7, 11) is 1.91. The fourth-order valence-electron chi connectivity index (χ4n) is 3.74. The van der Waals surface area contributed by atoms with Crippen LogP contribution in [0.25, 0.3) is 0 Å². The normalized spacial score (nSPS) is 28.4. The smallest absolute Gasteiger partial charge is 0.365 e. The van der Waals surface area contributed by atoms with Gasteiger partial charge in [0.15, 0.2) is 12.2 Å². The first-order valence-corrected chi connectivity index (χ1v) is 8.91. The Morgan fingerprint density at radius 1 is 1.27 bits per heavy atom. The number of nitrogens with zero attached hydrogens (tertiary/aromatic N) is 1. The molecule has 1 amide bonds. The minimum atomic E-state index is -0.614. The van der Waals surface area contributed by atoms with E-state index >= 15 is 0 Å². The fourth-order valence-corrected chi connectivity index (χ4v) is 3.74. The molecule has 0 bridgehead atoms. The van der Waals surface area contributed by atoms with Gasteiger partial charge >= 0.3 is 5.97 Å². The van der Waals surface area contributed by atoms with Gasteiger partial charge in [-0.3, -0.25) is 9.28 Å². The summed E-state index contributed by atoms with van der Waals surface area (Å²) in [5, 5.41) is 2.90. The van der Waals surface area contributed by atoms with Crippen molar-refractivity contribution in [2.75, 3.05) is 7.05 Å². The van der Waals surface area contributed by atoms with E-state index in [4.69, 9.17) is 4.74 Å². The van der Waals surface area contributed by atoms with E-state index in [2.05, 4.69) is 5.32 Å². The molecule has 0 aliphatic carbocycles. The Kier molecular flexibility index (Phi) is 5.86. The summed E-state index contributed by atoms with van der Waals surface area (Å²) in [5.41, 5.74) is 0.419. The van der Waals surface area contributed by atoms with Crippen molar-refractivity contribution in [3.63, 3.8) is 0 Å². The predicted octanol–water partition coefficient (Wildman–Crippen LogP) is 2.02. The number of rotatable bonds is 5. The molecule has 6 heteroatoms. The Hall–Kier alpha value is -2.21. The van der Waals surface area contributed by atoms with E-state index in [1.807, 2.05) is 58.2 Å². The molecule has 0 spiro atoms. The molecule has 4 atom stereocenters. The van der Waals surface area contributed by atoms with Gasteiger partial charge in [-0.1, -0.05) is 30.3 Å².